The predicted octanol–water partition coefficient (Wildman–Crippen LogP) is 0.821. The Morgan fingerprint density at radius 1 is 1.44 bits per heavy atom. The van der Waals surface area contributed by atoms with E-state index < -0.39 is 4.92 Å². The van der Waals surface area contributed by atoms with Gasteiger partial charge in [-0.25, -0.2) is 4.98 Å². The zero-order valence-electron chi connectivity index (χ0n) is 8.63. The van der Waals surface area contributed by atoms with Crippen LogP contribution in [-0.2, 0) is 0 Å². The van der Waals surface area contributed by atoms with Gasteiger partial charge in [0.2, 0.25) is 0 Å². The normalized spacial score (nSPS) is 15.4. The van der Waals surface area contributed by atoms with E-state index in [1.807, 2.05) is 4.90 Å². The van der Waals surface area contributed by atoms with Crippen LogP contribution in [0, 0.1) is 10.1 Å². The number of nitro groups is 1. The molecular weight excluding hydrogens is 232 g/mol. The molecule has 1 aliphatic heterocycles. The minimum absolute atomic E-state index is 0. The lowest BCUT2D eigenvalue weighted by Gasteiger charge is -2.28. The maximum Gasteiger partial charge on any atom is 0.274 e. The van der Waals surface area contributed by atoms with Crippen LogP contribution >= 0.6 is 12.4 Å². The molecular formula is C9H13ClN4O2. The van der Waals surface area contributed by atoms with Crippen molar-refractivity contribution in [1.82, 2.24) is 10.3 Å². The molecule has 7 heteroatoms. The second kappa shape index (κ2) is 5.62. The van der Waals surface area contributed by atoms with Gasteiger partial charge in [-0.2, -0.15) is 0 Å². The third-order valence-electron chi connectivity index (χ3n) is 2.38. The first kappa shape index (κ1) is 12.7. The summed E-state index contributed by atoms with van der Waals surface area (Å²) in [5.74, 6) is 0.686. The molecule has 1 saturated heterocycles. The van der Waals surface area contributed by atoms with Crippen molar-refractivity contribution in [3.63, 3.8) is 0 Å². The van der Waals surface area contributed by atoms with E-state index in [1.54, 1.807) is 0 Å². The van der Waals surface area contributed by atoms with Crippen molar-refractivity contribution < 1.29 is 4.92 Å². The highest BCUT2D eigenvalue weighted by Gasteiger charge is 2.14. The summed E-state index contributed by atoms with van der Waals surface area (Å²) in [4.78, 5) is 16.4. The van der Waals surface area contributed by atoms with Crippen LogP contribution in [0.1, 0.15) is 0 Å². The molecule has 0 aromatic carbocycles. The number of halogens is 1. The maximum absolute atomic E-state index is 10.6. The fourth-order valence-corrected chi connectivity index (χ4v) is 1.59. The van der Waals surface area contributed by atoms with E-state index >= 15 is 0 Å². The quantitative estimate of drug-likeness (QED) is 0.616. The molecule has 6 nitrogen and oxygen atoms in total. The number of aromatic nitrogens is 1. The standard InChI is InChI=1S/C9H12N4O2.ClH/c14-13(15)8-1-2-11-9(7-8)12-5-3-10-4-6-12;/h1-2,7,10H,3-6H2;1H. The van der Waals surface area contributed by atoms with Crippen molar-refractivity contribution in [2.24, 2.45) is 0 Å². The first-order valence-corrected chi connectivity index (χ1v) is 4.83. The van der Waals surface area contributed by atoms with Gasteiger partial charge in [0.05, 0.1) is 11.0 Å². The van der Waals surface area contributed by atoms with Gasteiger partial charge in [-0.3, -0.25) is 10.1 Å². The van der Waals surface area contributed by atoms with Gasteiger partial charge in [-0.15, -0.1) is 12.4 Å². The number of rotatable bonds is 2. The Bertz CT molecular complexity index is 368. The summed E-state index contributed by atoms with van der Waals surface area (Å²) in [5, 5.41) is 13.8. The van der Waals surface area contributed by atoms with Crippen molar-refractivity contribution in [3.05, 3.63) is 28.4 Å². The molecule has 0 amide bonds. The highest BCUT2D eigenvalue weighted by Crippen LogP contribution is 2.18. The van der Waals surface area contributed by atoms with Gasteiger partial charge < -0.3 is 10.2 Å². The van der Waals surface area contributed by atoms with Crippen molar-refractivity contribution in [2.75, 3.05) is 31.1 Å². The molecule has 0 bridgehead atoms. The summed E-state index contributed by atoms with van der Waals surface area (Å²) < 4.78 is 0. The molecule has 1 aromatic heterocycles. The van der Waals surface area contributed by atoms with Crippen LogP contribution in [0.2, 0.25) is 0 Å². The topological polar surface area (TPSA) is 71.3 Å². The van der Waals surface area contributed by atoms with Crippen LogP contribution in [0.5, 0.6) is 0 Å². The number of hydrogen-bond acceptors (Lipinski definition) is 5. The SMILES string of the molecule is Cl.O=[N+]([O-])c1ccnc(N2CCNCC2)c1. The average Bonchev–Trinajstić information content (AvgIpc) is 2.30. The van der Waals surface area contributed by atoms with E-state index in [2.05, 4.69) is 10.3 Å². The average molecular weight is 245 g/mol. The minimum atomic E-state index is -0.395. The van der Waals surface area contributed by atoms with Gasteiger partial charge in [0.1, 0.15) is 5.82 Å². The highest BCUT2D eigenvalue weighted by molar-refractivity contribution is 5.85. The first-order chi connectivity index (χ1) is 7.27. The number of nitrogens with zero attached hydrogens (tertiary/aromatic N) is 3. The fraction of sp³-hybridized carbons (Fsp3) is 0.444. The molecule has 16 heavy (non-hydrogen) atoms. The van der Waals surface area contributed by atoms with Gasteiger partial charge in [0.15, 0.2) is 0 Å². The van der Waals surface area contributed by atoms with Gasteiger partial charge in [0.25, 0.3) is 5.69 Å². The van der Waals surface area contributed by atoms with E-state index in [-0.39, 0.29) is 18.1 Å². The van der Waals surface area contributed by atoms with Crippen LogP contribution < -0.4 is 10.2 Å². The molecule has 1 N–H and O–H groups in total. The molecule has 0 saturated carbocycles. The Labute approximate surface area is 99.2 Å². The van der Waals surface area contributed by atoms with Gasteiger partial charge in [-0.05, 0) is 0 Å². The Kier molecular flexibility index (Phi) is 4.45. The van der Waals surface area contributed by atoms with E-state index in [0.29, 0.717) is 5.82 Å². The van der Waals surface area contributed by atoms with Crippen molar-refractivity contribution in [1.29, 1.82) is 0 Å². The van der Waals surface area contributed by atoms with Gasteiger partial charge in [-0.1, -0.05) is 0 Å². The smallest absolute Gasteiger partial charge is 0.274 e. The Hall–Kier alpha value is -1.40. The predicted molar refractivity (Wildman–Crippen MR) is 63.2 cm³/mol. The molecule has 0 unspecified atom stereocenters. The number of piperazine rings is 1. The molecule has 1 aromatic rings. The number of nitrogens with one attached hydrogen (secondary N) is 1. The van der Waals surface area contributed by atoms with Crippen LogP contribution in [0.15, 0.2) is 18.3 Å². The Balaban J connectivity index is 0.00000128. The third kappa shape index (κ3) is 2.80. The monoisotopic (exact) mass is 244 g/mol. The van der Waals surface area contributed by atoms with Crippen LogP contribution in [0.25, 0.3) is 0 Å². The van der Waals surface area contributed by atoms with E-state index in [4.69, 9.17) is 0 Å². The number of anilines is 1. The first-order valence-electron chi connectivity index (χ1n) is 4.83. The molecule has 2 heterocycles. The van der Waals surface area contributed by atoms with Gasteiger partial charge in [0, 0.05) is 38.4 Å². The molecule has 88 valence electrons. The minimum Gasteiger partial charge on any atom is -0.354 e. The summed E-state index contributed by atoms with van der Waals surface area (Å²) in [6, 6.07) is 2.93. The van der Waals surface area contributed by atoms with Crippen LogP contribution in [0.3, 0.4) is 0 Å². The molecule has 2 rings (SSSR count). The van der Waals surface area contributed by atoms with Crippen molar-refractivity contribution in [3.8, 4) is 0 Å². The molecule has 0 spiro atoms. The van der Waals surface area contributed by atoms with Crippen molar-refractivity contribution >= 4 is 23.9 Å². The summed E-state index contributed by atoms with van der Waals surface area (Å²) in [6.07, 6.45) is 1.48. The zero-order valence-corrected chi connectivity index (χ0v) is 9.44. The summed E-state index contributed by atoms with van der Waals surface area (Å²) >= 11 is 0. The molecule has 1 fully saturated rings. The second-order valence-electron chi connectivity index (χ2n) is 3.37. The van der Waals surface area contributed by atoms with Crippen molar-refractivity contribution in [2.45, 2.75) is 0 Å². The van der Waals surface area contributed by atoms with Crippen LogP contribution in [0.4, 0.5) is 11.5 Å². The summed E-state index contributed by atoms with van der Waals surface area (Å²) in [6.45, 7) is 3.47. The Morgan fingerprint density at radius 2 is 2.12 bits per heavy atom. The maximum atomic E-state index is 10.6. The fourth-order valence-electron chi connectivity index (χ4n) is 1.59. The highest BCUT2D eigenvalue weighted by atomic mass is 35.5. The van der Waals surface area contributed by atoms with E-state index in [9.17, 15) is 10.1 Å². The number of pyridine rings is 1. The summed E-state index contributed by atoms with van der Waals surface area (Å²) in [5.41, 5.74) is 0.0959. The molecule has 0 atom stereocenters. The number of hydrogen-bond donors (Lipinski definition) is 1. The van der Waals surface area contributed by atoms with E-state index in [0.717, 1.165) is 26.2 Å². The zero-order chi connectivity index (χ0) is 10.7. The summed E-state index contributed by atoms with van der Waals surface area (Å²) in [7, 11) is 0. The van der Waals surface area contributed by atoms with Gasteiger partial charge >= 0.3 is 0 Å². The second-order valence-corrected chi connectivity index (χ2v) is 3.37. The largest absolute Gasteiger partial charge is 0.354 e. The molecule has 0 radical (unpaired) electrons. The lowest BCUT2D eigenvalue weighted by atomic mass is 10.3. The lowest BCUT2D eigenvalue weighted by Crippen LogP contribution is -2.43. The molecule has 1 aliphatic rings. The van der Waals surface area contributed by atoms with E-state index in [1.165, 1.54) is 18.3 Å². The molecule has 0 aliphatic carbocycles. The third-order valence-corrected chi connectivity index (χ3v) is 2.38. The van der Waals surface area contributed by atoms with Crippen LogP contribution in [-0.4, -0.2) is 36.1 Å². The lowest BCUT2D eigenvalue weighted by molar-refractivity contribution is -0.384. The Morgan fingerprint density at radius 3 is 2.75 bits per heavy atom.